The summed E-state index contributed by atoms with van der Waals surface area (Å²) in [5.41, 5.74) is 2.32. The molecule has 1 atom stereocenters. The first-order valence-corrected chi connectivity index (χ1v) is 8.90. The lowest BCUT2D eigenvalue weighted by molar-refractivity contribution is 0.414. The largest absolute Gasteiger partial charge is 0.309 e. The monoisotopic (exact) mass is 293 g/mol. The molecule has 1 aromatic carbocycles. The lowest BCUT2D eigenvalue weighted by atomic mass is 10.1. The van der Waals surface area contributed by atoms with Gasteiger partial charge in [0.2, 0.25) is 7.44 Å². The molecular weight excluding hydrogens is 269 g/mol. The third-order valence-corrected chi connectivity index (χ3v) is 6.36. The van der Waals surface area contributed by atoms with Gasteiger partial charge in [0.25, 0.3) is 0 Å². The summed E-state index contributed by atoms with van der Waals surface area (Å²) in [6, 6.07) is 8.22. The van der Waals surface area contributed by atoms with E-state index in [9.17, 15) is 4.57 Å². The molecule has 0 fully saturated rings. The van der Waals surface area contributed by atoms with Crippen LogP contribution < -0.4 is 0 Å². The van der Waals surface area contributed by atoms with Gasteiger partial charge >= 0.3 is 0 Å². The molecule has 2 aromatic rings. The van der Waals surface area contributed by atoms with Crippen LogP contribution in [0.2, 0.25) is 0 Å². The molecule has 110 valence electrons. The Morgan fingerprint density at radius 2 is 1.80 bits per heavy atom. The number of fused-ring (bicyclic) bond motifs is 1. The molecule has 0 amide bonds. The van der Waals surface area contributed by atoms with E-state index in [4.69, 9.17) is 0 Å². The SMILES string of the molecule is CN(C)CCc1cn(P(C)(=O)N(C)C)c2ccccc12. The highest BCUT2D eigenvalue weighted by atomic mass is 31.2. The van der Waals surface area contributed by atoms with Crippen molar-refractivity contribution in [2.24, 2.45) is 0 Å². The van der Waals surface area contributed by atoms with Gasteiger partial charge in [-0.15, -0.1) is 0 Å². The number of aromatic nitrogens is 1. The third kappa shape index (κ3) is 2.83. The molecule has 1 aromatic heterocycles. The number of hydrogen-bond acceptors (Lipinski definition) is 2. The number of hydrogen-bond donors (Lipinski definition) is 0. The predicted octanol–water partition coefficient (Wildman–Crippen LogP) is 2.98. The summed E-state index contributed by atoms with van der Waals surface area (Å²) < 4.78 is 16.7. The van der Waals surface area contributed by atoms with E-state index >= 15 is 0 Å². The summed E-state index contributed by atoms with van der Waals surface area (Å²) in [5.74, 6) is 0. The van der Waals surface area contributed by atoms with Crippen molar-refractivity contribution in [1.29, 1.82) is 0 Å². The van der Waals surface area contributed by atoms with Crippen molar-refractivity contribution < 1.29 is 4.57 Å². The van der Waals surface area contributed by atoms with Crippen LogP contribution in [0, 0.1) is 0 Å². The van der Waals surface area contributed by atoms with Crippen LogP contribution in [-0.4, -0.2) is 55.3 Å². The Morgan fingerprint density at radius 1 is 1.15 bits per heavy atom. The lowest BCUT2D eigenvalue weighted by Gasteiger charge is -2.22. The second-order valence-electron chi connectivity index (χ2n) is 5.75. The molecule has 2 rings (SSSR count). The average Bonchev–Trinajstić information content (AvgIpc) is 2.75. The fraction of sp³-hybridized carbons (Fsp3) is 0.467. The van der Waals surface area contributed by atoms with E-state index < -0.39 is 7.44 Å². The molecule has 0 saturated carbocycles. The normalized spacial score (nSPS) is 15.2. The number of benzene rings is 1. The quantitative estimate of drug-likeness (QED) is 0.794. The molecule has 4 nitrogen and oxygen atoms in total. The summed E-state index contributed by atoms with van der Waals surface area (Å²) in [6.07, 6.45) is 3.03. The van der Waals surface area contributed by atoms with Gasteiger partial charge in [-0.3, -0.25) is 8.90 Å². The highest BCUT2D eigenvalue weighted by molar-refractivity contribution is 7.59. The van der Waals surface area contributed by atoms with Crippen LogP contribution in [0.15, 0.2) is 30.5 Å². The maximum absolute atomic E-state index is 13.0. The Balaban J connectivity index is 2.54. The summed E-state index contributed by atoms with van der Waals surface area (Å²) in [7, 11) is 5.33. The van der Waals surface area contributed by atoms with Gasteiger partial charge in [0.05, 0.1) is 5.52 Å². The number of nitrogens with zero attached hydrogens (tertiary/aromatic N) is 3. The first kappa shape index (κ1) is 15.3. The van der Waals surface area contributed by atoms with E-state index in [1.165, 1.54) is 10.9 Å². The van der Waals surface area contributed by atoms with Crippen LogP contribution in [0.3, 0.4) is 0 Å². The van der Waals surface area contributed by atoms with Crippen LogP contribution in [0.1, 0.15) is 5.56 Å². The van der Waals surface area contributed by atoms with Gasteiger partial charge in [0, 0.05) is 24.8 Å². The smallest absolute Gasteiger partial charge is 0.240 e. The van der Waals surface area contributed by atoms with Crippen molar-refractivity contribution in [3.8, 4) is 0 Å². The number of rotatable bonds is 5. The average molecular weight is 293 g/mol. The second kappa shape index (κ2) is 5.72. The molecule has 0 N–H and O–H groups in total. The minimum Gasteiger partial charge on any atom is -0.309 e. The van der Waals surface area contributed by atoms with E-state index in [2.05, 4.69) is 31.3 Å². The first-order chi connectivity index (χ1) is 9.34. The number of likely N-dealkylation sites (N-methyl/N-ethyl adjacent to an activating group) is 1. The van der Waals surface area contributed by atoms with E-state index in [1.54, 1.807) is 0 Å². The van der Waals surface area contributed by atoms with Gasteiger partial charge in [-0.2, -0.15) is 0 Å². The van der Waals surface area contributed by atoms with Crippen molar-refractivity contribution in [3.63, 3.8) is 0 Å². The van der Waals surface area contributed by atoms with Crippen LogP contribution in [0.4, 0.5) is 0 Å². The van der Waals surface area contributed by atoms with Crippen LogP contribution in [0.5, 0.6) is 0 Å². The zero-order chi connectivity index (χ0) is 14.9. The summed E-state index contributed by atoms with van der Waals surface area (Å²) in [6.45, 7) is 2.80. The van der Waals surface area contributed by atoms with E-state index in [0.717, 1.165) is 18.5 Å². The Morgan fingerprint density at radius 3 is 2.40 bits per heavy atom. The van der Waals surface area contributed by atoms with Crippen LogP contribution in [0.25, 0.3) is 10.9 Å². The van der Waals surface area contributed by atoms with Crippen molar-refractivity contribution in [3.05, 3.63) is 36.0 Å². The fourth-order valence-corrected chi connectivity index (χ4v) is 3.59. The standard InChI is InChI=1S/C15H24N3OP/c1-16(2)11-10-13-12-18(20(5,19)17(3)4)15-9-7-6-8-14(13)15/h6-9,12H,10-11H2,1-5H3. The molecule has 0 saturated heterocycles. The lowest BCUT2D eigenvalue weighted by Crippen LogP contribution is -2.15. The molecule has 0 aliphatic carbocycles. The van der Waals surface area contributed by atoms with E-state index in [0.29, 0.717) is 0 Å². The third-order valence-electron chi connectivity index (χ3n) is 3.75. The van der Waals surface area contributed by atoms with E-state index in [-0.39, 0.29) is 0 Å². The van der Waals surface area contributed by atoms with Crippen molar-refractivity contribution in [2.75, 3.05) is 41.4 Å². The molecule has 1 heterocycles. The molecule has 5 heteroatoms. The maximum atomic E-state index is 13.0. The van der Waals surface area contributed by atoms with Gasteiger partial charge in [-0.1, -0.05) is 18.2 Å². The minimum atomic E-state index is -2.55. The Kier molecular flexibility index (Phi) is 4.38. The molecular formula is C15H24N3OP. The van der Waals surface area contributed by atoms with Crippen molar-refractivity contribution in [1.82, 2.24) is 13.9 Å². The Labute approximate surface area is 121 Å². The zero-order valence-corrected chi connectivity index (χ0v) is 13.9. The highest BCUT2D eigenvalue weighted by Crippen LogP contribution is 2.48. The summed E-state index contributed by atoms with van der Waals surface area (Å²) in [5, 5.41) is 1.21. The summed E-state index contributed by atoms with van der Waals surface area (Å²) in [4.78, 5) is 2.17. The Bertz CT molecular complexity index is 646. The molecule has 20 heavy (non-hydrogen) atoms. The Hall–Kier alpha value is -1.09. The number of para-hydroxylation sites is 1. The molecule has 0 bridgehead atoms. The predicted molar refractivity (Wildman–Crippen MR) is 86.8 cm³/mol. The second-order valence-corrected chi connectivity index (χ2v) is 8.65. The van der Waals surface area contributed by atoms with Gasteiger partial charge in [-0.25, -0.2) is 4.67 Å². The van der Waals surface area contributed by atoms with Crippen LogP contribution in [-0.2, 0) is 11.0 Å². The molecule has 1 unspecified atom stereocenters. The topological polar surface area (TPSA) is 28.5 Å². The molecule has 0 spiro atoms. The zero-order valence-electron chi connectivity index (χ0n) is 13.0. The maximum Gasteiger partial charge on any atom is 0.240 e. The summed E-state index contributed by atoms with van der Waals surface area (Å²) >= 11 is 0. The van der Waals surface area contributed by atoms with Crippen LogP contribution >= 0.6 is 7.44 Å². The van der Waals surface area contributed by atoms with Gasteiger partial charge in [0.1, 0.15) is 0 Å². The first-order valence-electron chi connectivity index (χ1n) is 6.84. The highest BCUT2D eigenvalue weighted by Gasteiger charge is 2.23. The van der Waals surface area contributed by atoms with Crippen molar-refractivity contribution >= 4 is 18.3 Å². The fourth-order valence-electron chi connectivity index (χ4n) is 2.27. The van der Waals surface area contributed by atoms with Gasteiger partial charge < -0.3 is 4.90 Å². The van der Waals surface area contributed by atoms with E-state index in [1.807, 2.05) is 48.0 Å². The molecule has 0 aliphatic heterocycles. The van der Waals surface area contributed by atoms with Gasteiger partial charge in [0.15, 0.2) is 0 Å². The minimum absolute atomic E-state index is 0.966. The molecule has 0 aliphatic rings. The molecule has 0 radical (unpaired) electrons. The van der Waals surface area contributed by atoms with Crippen molar-refractivity contribution in [2.45, 2.75) is 6.42 Å². The van der Waals surface area contributed by atoms with Gasteiger partial charge in [-0.05, 0) is 46.2 Å².